The van der Waals surface area contributed by atoms with Crippen molar-refractivity contribution in [3.63, 3.8) is 0 Å². The molecular weight excluding hydrogens is 366 g/mol. The maximum atomic E-state index is 12.8. The van der Waals surface area contributed by atoms with E-state index in [2.05, 4.69) is 9.88 Å². The molecule has 0 radical (unpaired) electrons. The van der Waals surface area contributed by atoms with E-state index in [1.54, 1.807) is 7.11 Å². The lowest BCUT2D eigenvalue weighted by Crippen LogP contribution is -2.48. The van der Waals surface area contributed by atoms with Crippen molar-refractivity contribution in [1.29, 1.82) is 0 Å². The quantitative estimate of drug-likeness (QED) is 0.743. The molecule has 0 atom stereocenters. The molecule has 4 rings (SSSR count). The molecule has 0 aliphatic carbocycles. The first kappa shape index (κ1) is 19.2. The summed E-state index contributed by atoms with van der Waals surface area (Å²) in [5.41, 5.74) is 3.22. The molecule has 0 bridgehead atoms. The summed E-state index contributed by atoms with van der Waals surface area (Å²) in [6.45, 7) is 5.33. The van der Waals surface area contributed by atoms with Gasteiger partial charge in [-0.3, -0.25) is 14.5 Å². The van der Waals surface area contributed by atoms with Crippen LogP contribution < -0.4 is 10.3 Å². The van der Waals surface area contributed by atoms with Gasteiger partial charge in [-0.15, -0.1) is 0 Å². The molecule has 150 valence electrons. The van der Waals surface area contributed by atoms with Crippen LogP contribution in [-0.4, -0.2) is 54.0 Å². The number of aryl methyl sites for hydroxylation is 1. The van der Waals surface area contributed by atoms with Gasteiger partial charge in [-0.05, 0) is 42.8 Å². The van der Waals surface area contributed by atoms with Crippen molar-refractivity contribution in [2.75, 3.05) is 33.3 Å². The summed E-state index contributed by atoms with van der Waals surface area (Å²) in [6.07, 6.45) is 0. The van der Waals surface area contributed by atoms with Gasteiger partial charge >= 0.3 is 0 Å². The number of nitrogens with one attached hydrogen (secondary N) is 1. The third kappa shape index (κ3) is 4.03. The zero-order valence-electron chi connectivity index (χ0n) is 16.8. The lowest BCUT2D eigenvalue weighted by molar-refractivity contribution is 0.0627. The molecule has 1 aromatic heterocycles. The van der Waals surface area contributed by atoms with Gasteiger partial charge in [0.05, 0.1) is 7.11 Å². The van der Waals surface area contributed by atoms with Crippen molar-refractivity contribution in [2.24, 2.45) is 0 Å². The Hall–Kier alpha value is -3.12. The maximum absolute atomic E-state index is 12.8. The number of amides is 1. The van der Waals surface area contributed by atoms with Gasteiger partial charge in [0.15, 0.2) is 0 Å². The summed E-state index contributed by atoms with van der Waals surface area (Å²) in [6, 6.07) is 15.2. The Labute approximate surface area is 169 Å². The summed E-state index contributed by atoms with van der Waals surface area (Å²) in [5, 5.41) is 0.951. The van der Waals surface area contributed by atoms with E-state index in [0.29, 0.717) is 19.6 Å². The number of methoxy groups -OCH3 is 1. The zero-order chi connectivity index (χ0) is 20.4. The first-order valence-corrected chi connectivity index (χ1v) is 9.82. The van der Waals surface area contributed by atoms with Crippen molar-refractivity contribution in [3.05, 3.63) is 75.6 Å². The smallest absolute Gasteiger partial charge is 0.254 e. The van der Waals surface area contributed by atoms with Gasteiger partial charge in [-0.25, -0.2) is 0 Å². The number of fused-ring (bicyclic) bond motifs is 1. The number of hydrogen-bond acceptors (Lipinski definition) is 4. The minimum Gasteiger partial charge on any atom is -0.497 e. The van der Waals surface area contributed by atoms with Gasteiger partial charge in [-0.2, -0.15) is 0 Å². The number of hydrogen-bond donors (Lipinski definition) is 1. The number of pyridine rings is 1. The predicted octanol–water partition coefficient (Wildman–Crippen LogP) is 2.80. The van der Waals surface area contributed by atoms with E-state index < -0.39 is 0 Å². The third-order valence-corrected chi connectivity index (χ3v) is 5.56. The first-order chi connectivity index (χ1) is 14.0. The molecule has 3 aromatic rings. The average Bonchev–Trinajstić information content (AvgIpc) is 2.74. The van der Waals surface area contributed by atoms with Crippen LogP contribution in [0.1, 0.15) is 21.5 Å². The van der Waals surface area contributed by atoms with Gasteiger partial charge in [0.25, 0.3) is 11.5 Å². The minimum atomic E-state index is -0.0684. The molecular formula is C23H25N3O3. The molecule has 1 fully saturated rings. The van der Waals surface area contributed by atoms with Crippen molar-refractivity contribution in [1.82, 2.24) is 14.8 Å². The lowest BCUT2D eigenvalue weighted by atomic mass is 10.1. The Balaban J connectivity index is 1.44. The molecule has 2 aromatic carbocycles. The highest BCUT2D eigenvalue weighted by Crippen LogP contribution is 2.20. The van der Waals surface area contributed by atoms with Crippen LogP contribution in [0.5, 0.6) is 5.75 Å². The van der Waals surface area contributed by atoms with E-state index in [1.165, 1.54) is 0 Å². The molecule has 6 heteroatoms. The van der Waals surface area contributed by atoms with E-state index >= 15 is 0 Å². The highest BCUT2D eigenvalue weighted by molar-refractivity contribution is 5.95. The van der Waals surface area contributed by atoms with Crippen LogP contribution in [0, 0.1) is 6.92 Å². The van der Waals surface area contributed by atoms with Crippen LogP contribution in [0.4, 0.5) is 0 Å². The number of nitrogens with zero attached hydrogens (tertiary/aromatic N) is 2. The number of carbonyl (C=O) groups is 1. The zero-order valence-corrected chi connectivity index (χ0v) is 16.8. The number of piperazine rings is 1. The van der Waals surface area contributed by atoms with Crippen molar-refractivity contribution in [3.8, 4) is 5.75 Å². The monoisotopic (exact) mass is 391 g/mol. The minimum absolute atomic E-state index is 0.0684. The molecule has 0 spiro atoms. The number of ether oxygens (including phenoxy) is 1. The summed E-state index contributed by atoms with van der Waals surface area (Å²) in [7, 11) is 1.63. The Kier molecular flexibility index (Phi) is 5.36. The van der Waals surface area contributed by atoms with Crippen LogP contribution in [0.25, 0.3) is 10.9 Å². The van der Waals surface area contributed by atoms with Crippen molar-refractivity contribution in [2.45, 2.75) is 13.5 Å². The standard InChI is InChI=1S/C23H25N3O3/c1-16-5-3-4-6-20(16)23(28)26-11-9-25(10-12-26)15-18-13-17-14-19(29-2)7-8-21(17)24-22(18)27/h3-8,13-14H,9-12,15H2,1-2H3,(H,24,27). The van der Waals surface area contributed by atoms with Crippen LogP contribution in [0.3, 0.4) is 0 Å². The Bertz CT molecular complexity index is 1100. The van der Waals surface area contributed by atoms with Crippen LogP contribution >= 0.6 is 0 Å². The van der Waals surface area contributed by atoms with E-state index in [-0.39, 0.29) is 11.5 Å². The second-order valence-electron chi connectivity index (χ2n) is 7.46. The molecule has 6 nitrogen and oxygen atoms in total. The van der Waals surface area contributed by atoms with Gasteiger partial charge in [0.2, 0.25) is 0 Å². The fourth-order valence-electron chi connectivity index (χ4n) is 3.81. The lowest BCUT2D eigenvalue weighted by Gasteiger charge is -2.35. The van der Waals surface area contributed by atoms with Gasteiger partial charge in [-0.1, -0.05) is 18.2 Å². The highest BCUT2D eigenvalue weighted by atomic mass is 16.5. The van der Waals surface area contributed by atoms with E-state index in [0.717, 1.165) is 46.4 Å². The van der Waals surface area contributed by atoms with Gasteiger partial charge in [0.1, 0.15) is 5.75 Å². The second-order valence-corrected chi connectivity index (χ2v) is 7.46. The number of H-pyrrole nitrogens is 1. The molecule has 1 amide bonds. The Morgan fingerprint density at radius 3 is 2.55 bits per heavy atom. The largest absolute Gasteiger partial charge is 0.497 e. The highest BCUT2D eigenvalue weighted by Gasteiger charge is 2.23. The fourth-order valence-corrected chi connectivity index (χ4v) is 3.81. The maximum Gasteiger partial charge on any atom is 0.254 e. The molecule has 29 heavy (non-hydrogen) atoms. The number of aromatic amines is 1. The SMILES string of the molecule is COc1ccc2[nH]c(=O)c(CN3CCN(C(=O)c4ccccc4C)CC3)cc2c1. The fraction of sp³-hybridized carbons (Fsp3) is 0.304. The van der Waals surface area contributed by atoms with Crippen molar-refractivity contribution >= 4 is 16.8 Å². The molecule has 1 aliphatic rings. The number of aromatic nitrogens is 1. The van der Waals surface area contributed by atoms with Crippen LogP contribution in [0.15, 0.2) is 53.3 Å². The Morgan fingerprint density at radius 2 is 1.83 bits per heavy atom. The molecule has 0 unspecified atom stereocenters. The first-order valence-electron chi connectivity index (χ1n) is 9.82. The molecule has 2 heterocycles. The molecule has 0 saturated carbocycles. The van der Waals surface area contributed by atoms with E-state index in [1.807, 2.05) is 60.4 Å². The normalized spacial score (nSPS) is 14.9. The Morgan fingerprint density at radius 1 is 1.07 bits per heavy atom. The van der Waals surface area contributed by atoms with Crippen LogP contribution in [-0.2, 0) is 6.54 Å². The van der Waals surface area contributed by atoms with E-state index in [9.17, 15) is 9.59 Å². The van der Waals surface area contributed by atoms with Gasteiger partial charge < -0.3 is 14.6 Å². The molecule has 1 aliphatic heterocycles. The topological polar surface area (TPSA) is 65.6 Å². The second kappa shape index (κ2) is 8.09. The van der Waals surface area contributed by atoms with Gasteiger partial charge in [0, 0.05) is 54.8 Å². The number of carbonyl (C=O) groups excluding carboxylic acids is 1. The number of benzene rings is 2. The summed E-state index contributed by atoms with van der Waals surface area (Å²) < 4.78 is 5.28. The number of rotatable bonds is 4. The van der Waals surface area contributed by atoms with Crippen molar-refractivity contribution < 1.29 is 9.53 Å². The van der Waals surface area contributed by atoms with Crippen LogP contribution in [0.2, 0.25) is 0 Å². The molecule has 1 N–H and O–H groups in total. The average molecular weight is 391 g/mol. The summed E-state index contributed by atoms with van der Waals surface area (Å²) in [5.74, 6) is 0.845. The molecule has 1 saturated heterocycles. The van der Waals surface area contributed by atoms with E-state index in [4.69, 9.17) is 4.74 Å². The summed E-state index contributed by atoms with van der Waals surface area (Å²) in [4.78, 5) is 32.3. The summed E-state index contributed by atoms with van der Waals surface area (Å²) >= 11 is 0. The third-order valence-electron chi connectivity index (χ3n) is 5.56. The predicted molar refractivity (Wildman–Crippen MR) is 113 cm³/mol.